The number of rotatable bonds is 6. The molecule has 0 radical (unpaired) electrons. The van der Waals surface area contributed by atoms with Crippen LogP contribution in [-0.4, -0.2) is 53.2 Å². The van der Waals surface area contributed by atoms with E-state index in [-0.39, 0.29) is 11.9 Å². The van der Waals surface area contributed by atoms with E-state index in [0.29, 0.717) is 19.7 Å². The molecule has 128 valence electrons. The van der Waals surface area contributed by atoms with Crippen molar-refractivity contribution >= 4 is 11.6 Å². The number of benzene rings is 1. The van der Waals surface area contributed by atoms with Crippen molar-refractivity contribution in [1.29, 1.82) is 0 Å². The van der Waals surface area contributed by atoms with Crippen molar-refractivity contribution in [3.05, 3.63) is 48.5 Å². The number of para-hydroxylation sites is 1. The smallest absolute Gasteiger partial charge is 0.244 e. The fourth-order valence-corrected chi connectivity index (χ4v) is 3.06. The van der Waals surface area contributed by atoms with E-state index in [1.165, 1.54) is 0 Å². The maximum absolute atomic E-state index is 12.8. The molecule has 6 heteroatoms. The number of ether oxygens (including phenoxy) is 1. The average molecular weight is 328 g/mol. The van der Waals surface area contributed by atoms with Crippen LogP contribution in [0.5, 0.6) is 0 Å². The number of imidazole rings is 1. The molecule has 0 N–H and O–H groups in total. The average Bonchev–Trinajstić information content (AvgIpc) is 3.05. The molecule has 0 unspecified atom stereocenters. The molecule has 1 amide bonds. The van der Waals surface area contributed by atoms with Crippen molar-refractivity contribution in [2.24, 2.45) is 0 Å². The molecule has 1 aliphatic rings. The zero-order valence-corrected chi connectivity index (χ0v) is 14.3. The molecular weight excluding hydrogens is 304 g/mol. The Hall–Kier alpha value is -2.18. The van der Waals surface area contributed by atoms with Crippen LogP contribution in [0.1, 0.15) is 12.7 Å². The minimum atomic E-state index is -0.161. The summed E-state index contributed by atoms with van der Waals surface area (Å²) in [6, 6.07) is 9.70. The zero-order chi connectivity index (χ0) is 16.9. The minimum absolute atomic E-state index is 0.141. The standard InChI is InChI=1S/C18H24N4O2/c1-15-18(23)22(16-6-4-3-5-7-16)11-10-21(15)14-17-19-8-9-20(17)12-13-24-2/h3-9,15H,10-14H2,1-2H3/t15-/m1/s1. The third-order valence-electron chi connectivity index (χ3n) is 4.53. The van der Waals surface area contributed by atoms with Crippen molar-refractivity contribution < 1.29 is 9.53 Å². The third kappa shape index (κ3) is 3.49. The molecule has 2 aromatic rings. The second-order valence-electron chi connectivity index (χ2n) is 6.00. The largest absolute Gasteiger partial charge is 0.383 e. The number of methoxy groups -OCH3 is 1. The number of amides is 1. The van der Waals surface area contributed by atoms with Crippen LogP contribution < -0.4 is 4.90 Å². The summed E-state index contributed by atoms with van der Waals surface area (Å²) in [5, 5.41) is 0. The maximum atomic E-state index is 12.8. The van der Waals surface area contributed by atoms with Gasteiger partial charge in [-0.05, 0) is 19.1 Å². The summed E-state index contributed by atoms with van der Waals surface area (Å²) in [4.78, 5) is 21.3. The summed E-state index contributed by atoms with van der Waals surface area (Å²) in [6.45, 7) is 5.61. The summed E-state index contributed by atoms with van der Waals surface area (Å²) >= 11 is 0. The third-order valence-corrected chi connectivity index (χ3v) is 4.53. The normalized spacial score (nSPS) is 19.0. The molecule has 0 aliphatic carbocycles. The maximum Gasteiger partial charge on any atom is 0.244 e. The molecule has 2 heterocycles. The Morgan fingerprint density at radius 2 is 2.04 bits per heavy atom. The van der Waals surface area contributed by atoms with Crippen LogP contribution in [0.4, 0.5) is 5.69 Å². The highest BCUT2D eigenvalue weighted by Crippen LogP contribution is 2.21. The molecule has 1 saturated heterocycles. The van der Waals surface area contributed by atoms with Crippen molar-refractivity contribution in [2.75, 3.05) is 31.7 Å². The van der Waals surface area contributed by atoms with Crippen molar-refractivity contribution in [3.63, 3.8) is 0 Å². The fourth-order valence-electron chi connectivity index (χ4n) is 3.06. The number of hydrogen-bond donors (Lipinski definition) is 0. The first-order chi connectivity index (χ1) is 11.7. The van der Waals surface area contributed by atoms with Gasteiger partial charge in [-0.3, -0.25) is 9.69 Å². The first-order valence-electron chi connectivity index (χ1n) is 8.30. The molecule has 0 spiro atoms. The number of nitrogens with zero attached hydrogens (tertiary/aromatic N) is 4. The Bertz CT molecular complexity index is 671. The molecule has 0 bridgehead atoms. The van der Waals surface area contributed by atoms with Gasteiger partial charge in [0.15, 0.2) is 0 Å². The van der Waals surface area contributed by atoms with Crippen LogP contribution in [0.3, 0.4) is 0 Å². The molecule has 24 heavy (non-hydrogen) atoms. The van der Waals surface area contributed by atoms with Gasteiger partial charge in [-0.1, -0.05) is 18.2 Å². The van der Waals surface area contributed by atoms with E-state index in [0.717, 1.165) is 24.6 Å². The quantitative estimate of drug-likeness (QED) is 0.811. The van der Waals surface area contributed by atoms with E-state index in [1.54, 1.807) is 13.3 Å². The second-order valence-corrected chi connectivity index (χ2v) is 6.00. The van der Waals surface area contributed by atoms with E-state index >= 15 is 0 Å². The number of anilines is 1. The molecule has 3 rings (SSSR count). The topological polar surface area (TPSA) is 50.6 Å². The van der Waals surface area contributed by atoms with Crippen LogP contribution in [0.2, 0.25) is 0 Å². The molecule has 0 saturated carbocycles. The first kappa shape index (κ1) is 16.7. The van der Waals surface area contributed by atoms with Crippen molar-refractivity contribution in [2.45, 2.75) is 26.1 Å². The van der Waals surface area contributed by atoms with Gasteiger partial charge < -0.3 is 14.2 Å². The molecule has 1 aromatic heterocycles. The predicted molar refractivity (Wildman–Crippen MR) is 92.8 cm³/mol. The zero-order valence-electron chi connectivity index (χ0n) is 14.3. The predicted octanol–water partition coefficient (Wildman–Crippen LogP) is 1.77. The van der Waals surface area contributed by atoms with E-state index < -0.39 is 0 Å². The van der Waals surface area contributed by atoms with Crippen LogP contribution >= 0.6 is 0 Å². The summed E-state index contributed by atoms with van der Waals surface area (Å²) in [7, 11) is 1.69. The Kier molecular flexibility index (Phi) is 5.27. The van der Waals surface area contributed by atoms with Crippen LogP contribution in [-0.2, 0) is 22.6 Å². The molecule has 6 nitrogen and oxygen atoms in total. The highest BCUT2D eigenvalue weighted by atomic mass is 16.5. The monoisotopic (exact) mass is 328 g/mol. The van der Waals surface area contributed by atoms with E-state index in [9.17, 15) is 4.79 Å². The molecule has 1 atom stereocenters. The fraction of sp³-hybridized carbons (Fsp3) is 0.444. The number of aromatic nitrogens is 2. The lowest BCUT2D eigenvalue weighted by Gasteiger charge is -2.39. The van der Waals surface area contributed by atoms with Gasteiger partial charge in [-0.15, -0.1) is 0 Å². The van der Waals surface area contributed by atoms with Gasteiger partial charge in [-0.2, -0.15) is 0 Å². The van der Waals surface area contributed by atoms with E-state index in [2.05, 4.69) is 14.5 Å². The lowest BCUT2D eigenvalue weighted by molar-refractivity contribution is -0.125. The van der Waals surface area contributed by atoms with Gasteiger partial charge in [0.1, 0.15) is 5.82 Å². The van der Waals surface area contributed by atoms with Gasteiger partial charge in [0, 0.05) is 44.8 Å². The van der Waals surface area contributed by atoms with Crippen LogP contribution in [0.15, 0.2) is 42.7 Å². The SMILES string of the molecule is COCCn1ccnc1CN1CCN(c2ccccc2)C(=O)[C@H]1C. The Morgan fingerprint density at radius 1 is 1.25 bits per heavy atom. The molecular formula is C18H24N4O2. The molecule has 1 aliphatic heterocycles. The number of carbonyl (C=O) groups excluding carboxylic acids is 1. The van der Waals surface area contributed by atoms with E-state index in [4.69, 9.17) is 4.74 Å². The van der Waals surface area contributed by atoms with Gasteiger partial charge in [0.25, 0.3) is 0 Å². The summed E-state index contributed by atoms with van der Waals surface area (Å²) in [6.07, 6.45) is 3.76. The lowest BCUT2D eigenvalue weighted by atomic mass is 10.1. The Morgan fingerprint density at radius 3 is 2.79 bits per heavy atom. The van der Waals surface area contributed by atoms with Crippen LogP contribution in [0.25, 0.3) is 0 Å². The van der Waals surface area contributed by atoms with E-state index in [1.807, 2.05) is 48.4 Å². The molecule has 1 fully saturated rings. The second kappa shape index (κ2) is 7.59. The lowest BCUT2D eigenvalue weighted by Crippen LogP contribution is -2.55. The number of hydrogen-bond acceptors (Lipinski definition) is 4. The Labute approximate surface area is 142 Å². The summed E-state index contributed by atoms with van der Waals surface area (Å²) in [5.41, 5.74) is 0.968. The van der Waals surface area contributed by atoms with Gasteiger partial charge in [0.2, 0.25) is 5.91 Å². The summed E-state index contributed by atoms with van der Waals surface area (Å²) in [5.74, 6) is 1.11. The van der Waals surface area contributed by atoms with Gasteiger partial charge >= 0.3 is 0 Å². The number of piperazine rings is 1. The minimum Gasteiger partial charge on any atom is -0.383 e. The number of carbonyl (C=O) groups is 1. The molecule has 1 aromatic carbocycles. The Balaban J connectivity index is 1.67. The summed E-state index contributed by atoms with van der Waals surface area (Å²) < 4.78 is 7.23. The first-order valence-corrected chi connectivity index (χ1v) is 8.30. The van der Waals surface area contributed by atoms with Gasteiger partial charge in [0.05, 0.1) is 19.2 Å². The van der Waals surface area contributed by atoms with Crippen molar-refractivity contribution in [3.8, 4) is 0 Å². The van der Waals surface area contributed by atoms with Crippen LogP contribution in [0, 0.1) is 0 Å². The highest BCUT2D eigenvalue weighted by Gasteiger charge is 2.32. The van der Waals surface area contributed by atoms with Crippen molar-refractivity contribution in [1.82, 2.24) is 14.5 Å². The van der Waals surface area contributed by atoms with Gasteiger partial charge in [-0.25, -0.2) is 4.98 Å². The highest BCUT2D eigenvalue weighted by molar-refractivity contribution is 5.97.